The van der Waals surface area contributed by atoms with Crippen LogP contribution in [-0.2, 0) is 11.2 Å². The van der Waals surface area contributed by atoms with Crippen molar-refractivity contribution in [2.24, 2.45) is 0 Å². The van der Waals surface area contributed by atoms with Crippen LogP contribution in [0.15, 0.2) is 48.5 Å². The van der Waals surface area contributed by atoms with Gasteiger partial charge in [-0.25, -0.2) is 4.79 Å². The molecule has 1 aliphatic heterocycles. The Hall–Kier alpha value is -2.91. The second-order valence-corrected chi connectivity index (χ2v) is 6.91. The highest BCUT2D eigenvalue weighted by atomic mass is 19.4. The number of Topliss-reactive ketones (excluding diaryl/α,β-unsaturated/α-hetero) is 1. The lowest BCUT2D eigenvalue weighted by Crippen LogP contribution is -2.39. The quantitative estimate of drug-likeness (QED) is 0.549. The molecular formula is C21H20F3NO5. The van der Waals surface area contributed by atoms with Gasteiger partial charge in [-0.2, -0.15) is 13.2 Å². The summed E-state index contributed by atoms with van der Waals surface area (Å²) in [5.74, 6) is -2.08. The van der Waals surface area contributed by atoms with Crippen LogP contribution in [0, 0.1) is 0 Å². The first-order valence-electron chi connectivity index (χ1n) is 9.16. The van der Waals surface area contributed by atoms with Gasteiger partial charge in [-0.05, 0) is 36.2 Å². The molecule has 2 aromatic carbocycles. The van der Waals surface area contributed by atoms with E-state index in [1.54, 1.807) is 19.2 Å². The monoisotopic (exact) mass is 423 g/mol. The van der Waals surface area contributed by atoms with E-state index in [2.05, 4.69) is 5.32 Å². The Morgan fingerprint density at radius 3 is 2.23 bits per heavy atom. The first-order chi connectivity index (χ1) is 14.2. The number of nitrogens with one attached hydrogen (secondary N) is 1. The minimum atomic E-state index is -4.99. The fraction of sp³-hybridized carbons (Fsp3) is 0.333. The van der Waals surface area contributed by atoms with Gasteiger partial charge in [0.05, 0.1) is 18.7 Å². The molecule has 0 unspecified atom stereocenters. The molecule has 1 heterocycles. The van der Waals surface area contributed by atoms with Crippen LogP contribution in [0.2, 0.25) is 0 Å². The van der Waals surface area contributed by atoms with Crippen LogP contribution in [0.1, 0.15) is 26.3 Å². The molecule has 1 fully saturated rings. The zero-order valence-corrected chi connectivity index (χ0v) is 16.0. The molecule has 9 heteroatoms. The van der Waals surface area contributed by atoms with Gasteiger partial charge in [0, 0.05) is 12.1 Å². The van der Waals surface area contributed by atoms with Gasteiger partial charge in [0.2, 0.25) is 0 Å². The summed E-state index contributed by atoms with van der Waals surface area (Å²) < 4.78 is 48.0. The Kier molecular flexibility index (Phi) is 6.42. The molecule has 0 aliphatic carbocycles. The van der Waals surface area contributed by atoms with Crippen molar-refractivity contribution in [1.29, 1.82) is 0 Å². The minimum Gasteiger partial charge on any atom is -0.497 e. The summed E-state index contributed by atoms with van der Waals surface area (Å²) in [7, 11) is 1.56. The van der Waals surface area contributed by atoms with Crippen LogP contribution in [0.5, 0.6) is 5.75 Å². The van der Waals surface area contributed by atoms with E-state index in [4.69, 9.17) is 9.47 Å². The maximum atomic E-state index is 12.5. The lowest BCUT2D eigenvalue weighted by molar-refractivity contribution is -0.0885. The first-order valence-corrected chi connectivity index (χ1v) is 9.16. The highest BCUT2D eigenvalue weighted by molar-refractivity contribution is 6.01. The summed E-state index contributed by atoms with van der Waals surface area (Å²) in [5, 5.41) is 13.3. The Balaban J connectivity index is 1.67. The number of β-amino-alcohol motifs (C(OH)–C–C–N with tert-alkyl or cyclic N) is 1. The molecule has 0 amide bonds. The number of methoxy groups -OCH3 is 1. The topological polar surface area (TPSA) is 84.9 Å². The largest absolute Gasteiger partial charge is 0.497 e. The number of aliphatic hydroxyl groups is 1. The number of rotatable bonds is 6. The van der Waals surface area contributed by atoms with Crippen LogP contribution in [0.25, 0.3) is 0 Å². The molecule has 0 radical (unpaired) electrons. The van der Waals surface area contributed by atoms with E-state index in [0.29, 0.717) is 12.2 Å². The molecular weight excluding hydrogens is 403 g/mol. The Labute approximate surface area is 170 Å². The fourth-order valence-corrected chi connectivity index (χ4v) is 3.25. The van der Waals surface area contributed by atoms with Gasteiger partial charge >= 0.3 is 12.1 Å². The van der Waals surface area contributed by atoms with Crippen molar-refractivity contribution in [2.45, 2.75) is 30.8 Å². The third kappa shape index (κ3) is 4.98. The molecule has 0 saturated carbocycles. The Morgan fingerprint density at radius 1 is 1.07 bits per heavy atom. The predicted molar refractivity (Wildman–Crippen MR) is 101 cm³/mol. The summed E-state index contributed by atoms with van der Waals surface area (Å²) >= 11 is 0. The number of aliphatic hydroxyl groups excluding tert-OH is 1. The average molecular weight is 423 g/mol. The number of carbonyl (C=O) groups excluding carboxylic acids is 2. The summed E-state index contributed by atoms with van der Waals surface area (Å²) in [5.41, 5.74) is 0.355. The lowest BCUT2D eigenvalue weighted by Gasteiger charge is -2.22. The molecule has 1 saturated heterocycles. The van der Waals surface area contributed by atoms with Crippen LogP contribution in [-0.4, -0.2) is 54.9 Å². The predicted octanol–water partition coefficient (Wildman–Crippen LogP) is 2.54. The van der Waals surface area contributed by atoms with Gasteiger partial charge in [-0.3, -0.25) is 4.79 Å². The van der Waals surface area contributed by atoms with Crippen molar-refractivity contribution in [3.05, 3.63) is 65.2 Å². The van der Waals surface area contributed by atoms with Crippen molar-refractivity contribution in [3.63, 3.8) is 0 Å². The standard InChI is InChI=1S/C21H20F3NO5/c1-29-15-8-2-12(3-9-15)10-16-18(17(26)11-25-16)30-20(28)14-6-4-13(5-7-14)19(27)21(22,23)24/h2-9,16-18,25-26H,10-11H2,1H3/t16-,17+,18+/m1/s1. The third-order valence-electron chi connectivity index (χ3n) is 4.86. The molecule has 0 bridgehead atoms. The summed E-state index contributed by atoms with van der Waals surface area (Å²) in [6.45, 7) is 0.234. The van der Waals surface area contributed by atoms with E-state index in [1.807, 2.05) is 12.1 Å². The SMILES string of the molecule is COc1ccc(C[C@H]2NC[C@H](O)[C@H]2OC(=O)c2ccc(C(=O)C(F)(F)F)cc2)cc1. The summed E-state index contributed by atoms with van der Waals surface area (Å²) in [4.78, 5) is 23.7. The molecule has 0 spiro atoms. The van der Waals surface area contributed by atoms with E-state index in [9.17, 15) is 27.9 Å². The van der Waals surface area contributed by atoms with E-state index in [-0.39, 0.29) is 18.2 Å². The van der Waals surface area contributed by atoms with Crippen molar-refractivity contribution in [3.8, 4) is 5.75 Å². The van der Waals surface area contributed by atoms with Crippen molar-refractivity contribution >= 4 is 11.8 Å². The summed E-state index contributed by atoms with van der Waals surface area (Å²) in [6, 6.07) is 11.0. The van der Waals surface area contributed by atoms with Crippen LogP contribution in [0.3, 0.4) is 0 Å². The maximum absolute atomic E-state index is 12.5. The van der Waals surface area contributed by atoms with Gasteiger partial charge in [0.1, 0.15) is 18.0 Å². The van der Waals surface area contributed by atoms with Gasteiger partial charge in [-0.15, -0.1) is 0 Å². The second kappa shape index (κ2) is 8.85. The Bertz CT molecular complexity index is 896. The maximum Gasteiger partial charge on any atom is 0.454 e. The van der Waals surface area contributed by atoms with Crippen LogP contribution < -0.4 is 10.1 Å². The molecule has 3 atom stereocenters. The third-order valence-corrected chi connectivity index (χ3v) is 4.86. The number of alkyl halides is 3. The summed E-state index contributed by atoms with van der Waals surface area (Å²) in [6.07, 6.45) is -6.27. The number of carbonyl (C=O) groups is 2. The lowest BCUT2D eigenvalue weighted by atomic mass is 10.0. The fourth-order valence-electron chi connectivity index (χ4n) is 3.25. The number of benzene rings is 2. The highest BCUT2D eigenvalue weighted by Gasteiger charge is 2.40. The van der Waals surface area contributed by atoms with Crippen molar-refractivity contribution in [2.75, 3.05) is 13.7 Å². The van der Waals surface area contributed by atoms with E-state index >= 15 is 0 Å². The van der Waals surface area contributed by atoms with Gasteiger partial charge < -0.3 is 19.9 Å². The average Bonchev–Trinajstić information content (AvgIpc) is 3.06. The number of ketones is 1. The molecule has 3 rings (SSSR count). The smallest absolute Gasteiger partial charge is 0.454 e. The molecule has 160 valence electrons. The van der Waals surface area contributed by atoms with Gasteiger partial charge in [0.25, 0.3) is 5.78 Å². The minimum absolute atomic E-state index is 0.0176. The Morgan fingerprint density at radius 2 is 1.67 bits per heavy atom. The van der Waals surface area contributed by atoms with Gasteiger partial charge in [-0.1, -0.05) is 24.3 Å². The zero-order chi connectivity index (χ0) is 21.9. The van der Waals surface area contributed by atoms with Crippen molar-refractivity contribution < 1.29 is 37.3 Å². The molecule has 30 heavy (non-hydrogen) atoms. The second-order valence-electron chi connectivity index (χ2n) is 6.91. The zero-order valence-electron chi connectivity index (χ0n) is 16.0. The van der Waals surface area contributed by atoms with Crippen LogP contribution in [0.4, 0.5) is 13.2 Å². The molecule has 1 aliphatic rings. The number of halogens is 3. The normalized spacial score (nSPS) is 21.3. The first kappa shape index (κ1) is 21.8. The van der Waals surface area contributed by atoms with E-state index in [1.165, 1.54) is 0 Å². The van der Waals surface area contributed by atoms with E-state index < -0.39 is 35.7 Å². The molecule has 6 nitrogen and oxygen atoms in total. The van der Waals surface area contributed by atoms with Crippen LogP contribution >= 0.6 is 0 Å². The number of hydrogen-bond acceptors (Lipinski definition) is 6. The van der Waals surface area contributed by atoms with Gasteiger partial charge in [0.15, 0.2) is 0 Å². The molecule has 2 N–H and O–H groups in total. The van der Waals surface area contributed by atoms with Crippen molar-refractivity contribution in [1.82, 2.24) is 5.32 Å². The molecule has 2 aromatic rings. The number of hydrogen-bond donors (Lipinski definition) is 2. The number of esters is 1. The highest BCUT2D eigenvalue weighted by Crippen LogP contribution is 2.23. The molecule has 0 aromatic heterocycles. The van der Waals surface area contributed by atoms with E-state index in [0.717, 1.165) is 29.8 Å². The number of ether oxygens (including phenoxy) is 2.